The van der Waals surface area contributed by atoms with Crippen molar-refractivity contribution in [2.24, 2.45) is 4.99 Å². The number of carbonyl (C=O) groups excluding carboxylic acids is 2. The summed E-state index contributed by atoms with van der Waals surface area (Å²) in [5.74, 6) is -1.89. The van der Waals surface area contributed by atoms with Gasteiger partial charge in [-0.25, -0.2) is 9.67 Å². The van der Waals surface area contributed by atoms with E-state index in [0.29, 0.717) is 12.8 Å². The van der Waals surface area contributed by atoms with Crippen LogP contribution in [0.2, 0.25) is 10.0 Å². The Balaban J connectivity index is 2.03. The number of alkyl halides is 3. The number of hydrogen-bond donors (Lipinski definition) is 2. The van der Waals surface area contributed by atoms with Crippen LogP contribution in [0.15, 0.2) is 28.2 Å². The second-order valence-corrected chi connectivity index (χ2v) is 7.91. The first-order valence-electron chi connectivity index (χ1n) is 9.23. The topological polar surface area (TPSA) is 97.6 Å². The molecule has 1 aromatic carbocycles. The molecule has 0 fully saturated rings. The molecule has 1 aromatic heterocycles. The van der Waals surface area contributed by atoms with Crippen molar-refractivity contribution in [2.75, 3.05) is 19.0 Å². The molecule has 14 heteroatoms. The summed E-state index contributed by atoms with van der Waals surface area (Å²) in [6, 6.07) is 3.60. The summed E-state index contributed by atoms with van der Waals surface area (Å²) in [6.07, 6.45) is -2.16. The molecule has 0 spiro atoms. The van der Waals surface area contributed by atoms with Crippen LogP contribution >= 0.6 is 34.8 Å². The van der Waals surface area contributed by atoms with Gasteiger partial charge in [0, 0.05) is 24.4 Å². The van der Waals surface area contributed by atoms with E-state index in [1.807, 2.05) is 0 Å². The van der Waals surface area contributed by atoms with Crippen LogP contribution in [0.1, 0.15) is 33.7 Å². The highest BCUT2D eigenvalue weighted by Gasteiger charge is 2.30. The van der Waals surface area contributed by atoms with Crippen molar-refractivity contribution in [3.8, 4) is 5.88 Å². The van der Waals surface area contributed by atoms with Crippen molar-refractivity contribution in [3.63, 3.8) is 0 Å². The lowest BCUT2D eigenvalue weighted by Gasteiger charge is -2.15. The van der Waals surface area contributed by atoms with E-state index in [1.165, 1.54) is 25.4 Å². The van der Waals surface area contributed by atoms with Crippen LogP contribution in [-0.4, -0.2) is 47.6 Å². The van der Waals surface area contributed by atoms with Crippen molar-refractivity contribution in [1.82, 2.24) is 15.1 Å². The maximum atomic E-state index is 13.1. The summed E-state index contributed by atoms with van der Waals surface area (Å²) in [6.45, 7) is -1.62. The molecule has 1 aliphatic rings. The Bertz CT molecular complexity index is 1160. The van der Waals surface area contributed by atoms with Gasteiger partial charge in [0.05, 0.1) is 21.3 Å². The fourth-order valence-electron chi connectivity index (χ4n) is 2.79. The molecule has 0 atom stereocenters. The number of halogens is 6. The van der Waals surface area contributed by atoms with Crippen molar-refractivity contribution in [1.29, 1.82) is 0 Å². The van der Waals surface area contributed by atoms with Gasteiger partial charge in [0.25, 0.3) is 11.8 Å². The van der Waals surface area contributed by atoms with E-state index in [0.717, 1.165) is 10.7 Å². The molecule has 0 unspecified atom stereocenters. The van der Waals surface area contributed by atoms with Crippen LogP contribution in [0.4, 0.5) is 18.9 Å². The Morgan fingerprint density at radius 2 is 1.91 bits per heavy atom. The molecule has 8 nitrogen and oxygen atoms in total. The number of hydrogen-bond acceptors (Lipinski definition) is 5. The minimum Gasteiger partial charge on any atom is -0.467 e. The van der Waals surface area contributed by atoms with Crippen LogP contribution in [-0.2, 0) is 0 Å². The first-order chi connectivity index (χ1) is 15.5. The van der Waals surface area contributed by atoms with Gasteiger partial charge in [-0.05, 0) is 25.0 Å². The van der Waals surface area contributed by atoms with Crippen molar-refractivity contribution >= 4 is 64.3 Å². The molecular weight excluding hydrogens is 510 g/mol. The monoisotopic (exact) mass is 523 g/mol. The number of amides is 2. The summed E-state index contributed by atoms with van der Waals surface area (Å²) in [5.41, 5.74) is -0.354. The third-order valence-electron chi connectivity index (χ3n) is 4.22. The molecule has 2 heterocycles. The summed E-state index contributed by atoms with van der Waals surface area (Å²) >= 11 is 18.3. The predicted octanol–water partition coefficient (Wildman–Crippen LogP) is 4.97. The van der Waals surface area contributed by atoms with Gasteiger partial charge in [-0.15, -0.1) is 5.10 Å². The zero-order chi connectivity index (χ0) is 24.3. The summed E-state index contributed by atoms with van der Waals surface area (Å²) in [5, 5.41) is 9.13. The summed E-state index contributed by atoms with van der Waals surface area (Å²) < 4.78 is 43.4. The molecule has 0 bridgehead atoms. The number of anilines is 1. The van der Waals surface area contributed by atoms with E-state index >= 15 is 0 Å². The fraction of sp³-hybridized carbons (Fsp3) is 0.263. The number of rotatable bonds is 6. The summed E-state index contributed by atoms with van der Waals surface area (Å²) in [4.78, 5) is 29.4. The van der Waals surface area contributed by atoms with Crippen molar-refractivity contribution in [3.05, 3.63) is 44.5 Å². The van der Waals surface area contributed by atoms with Crippen LogP contribution in [0.25, 0.3) is 5.82 Å². The number of allylic oxidation sites excluding steroid dienone is 1. The number of nitrogens with zero attached hydrogens (tertiary/aromatic N) is 3. The van der Waals surface area contributed by atoms with E-state index in [2.05, 4.69) is 25.5 Å². The largest absolute Gasteiger partial charge is 0.467 e. The molecule has 1 aliphatic heterocycles. The maximum absolute atomic E-state index is 13.1. The Kier molecular flexibility index (Phi) is 7.55. The zero-order valence-corrected chi connectivity index (χ0v) is 19.0. The van der Waals surface area contributed by atoms with E-state index in [1.54, 1.807) is 0 Å². The van der Waals surface area contributed by atoms with Gasteiger partial charge in [0.2, 0.25) is 5.88 Å². The molecule has 0 aliphatic carbocycles. The number of aliphatic imine (C=N–C) groups is 1. The lowest BCUT2D eigenvalue weighted by Crippen LogP contribution is -2.23. The Morgan fingerprint density at radius 3 is 2.55 bits per heavy atom. The van der Waals surface area contributed by atoms with Gasteiger partial charge in [-0.1, -0.05) is 34.8 Å². The number of aromatic nitrogens is 2. The van der Waals surface area contributed by atoms with Crippen molar-refractivity contribution in [2.45, 2.75) is 19.0 Å². The Morgan fingerprint density at radius 1 is 1.18 bits per heavy atom. The molecule has 176 valence electrons. The van der Waals surface area contributed by atoms with Crippen LogP contribution < -0.4 is 15.4 Å². The highest BCUT2D eigenvalue weighted by Crippen LogP contribution is 2.32. The SMILES string of the molecule is CNC(=O)c1cc(Cl)cc(Cl)c1NC(=O)c1cc(OCC(F)(F)F)nn1C1=C(Cl)CCC=N1. The Hall–Kier alpha value is -2.76. The highest BCUT2D eigenvalue weighted by molar-refractivity contribution is 6.38. The lowest BCUT2D eigenvalue weighted by atomic mass is 10.1. The van der Waals surface area contributed by atoms with E-state index < -0.39 is 30.5 Å². The summed E-state index contributed by atoms with van der Waals surface area (Å²) in [7, 11) is 1.37. The molecular formula is C19H15Cl3F3N5O3. The minimum absolute atomic E-state index is 0.0316. The second kappa shape index (κ2) is 10.0. The number of benzene rings is 1. The van der Waals surface area contributed by atoms with Gasteiger partial charge < -0.3 is 15.4 Å². The normalized spacial score (nSPS) is 13.8. The van der Waals surface area contributed by atoms with Gasteiger partial charge in [0.15, 0.2) is 12.4 Å². The number of carbonyl (C=O) groups is 2. The average molecular weight is 525 g/mol. The molecule has 2 amide bonds. The van der Waals surface area contributed by atoms with E-state index in [9.17, 15) is 22.8 Å². The fourth-order valence-corrected chi connectivity index (χ4v) is 3.57. The van der Waals surface area contributed by atoms with Gasteiger partial charge >= 0.3 is 6.18 Å². The third kappa shape index (κ3) is 5.98. The first-order valence-corrected chi connectivity index (χ1v) is 10.4. The molecule has 3 rings (SSSR count). The number of ether oxygens (including phenoxy) is 1. The third-order valence-corrected chi connectivity index (χ3v) is 5.09. The Labute approximate surface area is 200 Å². The molecule has 0 saturated carbocycles. The van der Waals surface area contributed by atoms with Crippen LogP contribution in [0.5, 0.6) is 5.88 Å². The van der Waals surface area contributed by atoms with Gasteiger partial charge in [-0.3, -0.25) is 9.59 Å². The second-order valence-electron chi connectivity index (χ2n) is 6.61. The van der Waals surface area contributed by atoms with Crippen LogP contribution in [0, 0.1) is 0 Å². The predicted molar refractivity (Wildman–Crippen MR) is 118 cm³/mol. The quantitative estimate of drug-likeness (QED) is 0.557. The van der Waals surface area contributed by atoms with Gasteiger partial charge in [-0.2, -0.15) is 13.2 Å². The molecule has 2 aromatic rings. The lowest BCUT2D eigenvalue weighted by molar-refractivity contribution is -0.154. The zero-order valence-electron chi connectivity index (χ0n) is 16.8. The number of nitrogens with one attached hydrogen (secondary N) is 2. The molecule has 2 N–H and O–H groups in total. The minimum atomic E-state index is -4.62. The first kappa shape index (κ1) is 24.9. The van der Waals surface area contributed by atoms with E-state index in [4.69, 9.17) is 34.8 Å². The van der Waals surface area contributed by atoms with E-state index in [-0.39, 0.29) is 37.8 Å². The average Bonchev–Trinajstić information content (AvgIpc) is 3.17. The standard InChI is InChI=1S/C19H15Cl3F3N5O3/c1-26-17(31)10-5-9(20)6-12(22)15(10)28-18(32)13-7-14(33-8-19(23,24)25)29-30(13)16-11(21)3-2-4-27-16/h4-7H,2-3,8H2,1H3,(H,26,31)(H,28,32). The molecule has 0 saturated heterocycles. The molecule has 33 heavy (non-hydrogen) atoms. The van der Waals surface area contributed by atoms with Gasteiger partial charge in [0.1, 0.15) is 5.69 Å². The van der Waals surface area contributed by atoms with Crippen LogP contribution in [0.3, 0.4) is 0 Å². The smallest absolute Gasteiger partial charge is 0.422 e. The van der Waals surface area contributed by atoms with Crippen molar-refractivity contribution < 1.29 is 27.5 Å². The molecule has 0 radical (unpaired) electrons. The highest BCUT2D eigenvalue weighted by atomic mass is 35.5. The maximum Gasteiger partial charge on any atom is 0.422 e.